The van der Waals surface area contributed by atoms with Crippen LogP contribution in [-0.4, -0.2) is 22.8 Å². The van der Waals surface area contributed by atoms with Crippen molar-refractivity contribution < 1.29 is 22.8 Å². The first-order valence-corrected chi connectivity index (χ1v) is 9.74. The average molecular weight is 437 g/mol. The highest BCUT2D eigenvalue weighted by molar-refractivity contribution is 7.07. The van der Waals surface area contributed by atoms with Gasteiger partial charge in [-0.2, -0.15) is 13.2 Å². The van der Waals surface area contributed by atoms with Crippen molar-refractivity contribution in [2.24, 2.45) is 11.5 Å². The lowest BCUT2D eigenvalue weighted by molar-refractivity contribution is -0.137. The number of carbonyl (C=O) groups excluding carboxylic acids is 2. The maximum atomic E-state index is 13.3. The fourth-order valence-corrected chi connectivity index (χ4v) is 3.02. The quantitative estimate of drug-likeness (QED) is 0.518. The van der Waals surface area contributed by atoms with Gasteiger partial charge in [0.15, 0.2) is 0 Å². The van der Waals surface area contributed by atoms with Gasteiger partial charge < -0.3 is 22.1 Å². The lowest BCUT2D eigenvalue weighted by Crippen LogP contribution is -2.28. The van der Waals surface area contributed by atoms with E-state index in [2.05, 4.69) is 15.6 Å². The predicted molar refractivity (Wildman–Crippen MR) is 106 cm³/mol. The molecule has 1 aliphatic rings. The largest absolute Gasteiger partial charge is 0.417 e. The van der Waals surface area contributed by atoms with Crippen LogP contribution >= 0.6 is 11.3 Å². The first-order valence-electron chi connectivity index (χ1n) is 8.80. The van der Waals surface area contributed by atoms with Crippen molar-refractivity contribution in [1.82, 2.24) is 15.6 Å². The first kappa shape index (κ1) is 21.4. The van der Waals surface area contributed by atoms with Gasteiger partial charge in [-0.15, -0.1) is 11.3 Å². The molecule has 3 rings (SSSR count). The van der Waals surface area contributed by atoms with Gasteiger partial charge in [-0.3, -0.25) is 9.59 Å². The standard InChI is InChI=1S/C19H18F3N5O2S/c20-19(21,22)13-4-1-10(7-12(13)17(28)26-11-2-3-11)14(23)5-6-16(24)27-18(29)15-8-30-9-25-15/h1,4-9,11H,2-3,23-24H2,(H,26,28)(H,27,29)/b14-5-,16-6+. The summed E-state index contributed by atoms with van der Waals surface area (Å²) in [6, 6.07) is 2.97. The highest BCUT2D eigenvalue weighted by atomic mass is 32.1. The van der Waals surface area contributed by atoms with Crippen LogP contribution in [0.4, 0.5) is 13.2 Å². The second kappa shape index (κ2) is 8.57. The molecule has 0 bridgehead atoms. The lowest BCUT2D eigenvalue weighted by Gasteiger charge is -2.14. The minimum Gasteiger partial charge on any atom is -0.398 e. The van der Waals surface area contributed by atoms with Crippen molar-refractivity contribution in [1.29, 1.82) is 0 Å². The molecule has 2 aromatic rings. The van der Waals surface area contributed by atoms with Crippen LogP contribution in [0.3, 0.4) is 0 Å². The Balaban J connectivity index is 1.81. The van der Waals surface area contributed by atoms with E-state index in [4.69, 9.17) is 11.5 Å². The molecule has 0 radical (unpaired) electrons. The van der Waals surface area contributed by atoms with Gasteiger partial charge in [-0.1, -0.05) is 6.07 Å². The molecule has 6 N–H and O–H groups in total. The third-order valence-electron chi connectivity index (χ3n) is 4.18. The molecule has 30 heavy (non-hydrogen) atoms. The maximum absolute atomic E-state index is 13.3. The molecule has 1 aromatic carbocycles. The zero-order valence-electron chi connectivity index (χ0n) is 15.5. The molecule has 1 aromatic heterocycles. The number of nitrogens with two attached hydrogens (primary N) is 2. The number of hydrogen-bond acceptors (Lipinski definition) is 6. The van der Waals surface area contributed by atoms with Gasteiger partial charge in [0.2, 0.25) is 0 Å². The van der Waals surface area contributed by atoms with Crippen LogP contribution in [0.1, 0.15) is 44.8 Å². The molecule has 158 valence electrons. The Morgan fingerprint density at radius 3 is 2.50 bits per heavy atom. The third kappa shape index (κ3) is 5.38. The highest BCUT2D eigenvalue weighted by Gasteiger charge is 2.36. The molecule has 1 saturated carbocycles. The second-order valence-electron chi connectivity index (χ2n) is 6.58. The monoisotopic (exact) mass is 437 g/mol. The van der Waals surface area contributed by atoms with Crippen LogP contribution in [0.15, 0.2) is 47.1 Å². The SMILES string of the molecule is N/C(=C\C=C(/N)NC(=O)c1cscn1)c1ccc(C(F)(F)F)c(C(=O)NC2CC2)c1. The van der Waals surface area contributed by atoms with E-state index in [1.54, 1.807) is 5.38 Å². The van der Waals surface area contributed by atoms with Crippen molar-refractivity contribution in [2.75, 3.05) is 0 Å². The van der Waals surface area contributed by atoms with Crippen molar-refractivity contribution in [3.63, 3.8) is 0 Å². The van der Waals surface area contributed by atoms with Crippen LogP contribution < -0.4 is 22.1 Å². The zero-order chi connectivity index (χ0) is 21.9. The number of benzene rings is 1. The molecular formula is C19H18F3N5O2S. The minimum absolute atomic E-state index is 0.0328. The molecule has 1 fully saturated rings. The van der Waals surface area contributed by atoms with E-state index in [-0.39, 0.29) is 28.8 Å². The highest BCUT2D eigenvalue weighted by Crippen LogP contribution is 2.33. The van der Waals surface area contributed by atoms with Crippen molar-refractivity contribution >= 4 is 28.8 Å². The lowest BCUT2D eigenvalue weighted by atomic mass is 10.0. The van der Waals surface area contributed by atoms with Gasteiger partial charge in [0.05, 0.1) is 16.6 Å². The number of nitrogens with zero attached hydrogens (tertiary/aromatic N) is 1. The maximum Gasteiger partial charge on any atom is 0.417 e. The molecule has 0 saturated heterocycles. The van der Waals surface area contributed by atoms with Gasteiger partial charge in [0.1, 0.15) is 11.5 Å². The van der Waals surface area contributed by atoms with Crippen molar-refractivity contribution in [3.8, 4) is 0 Å². The Morgan fingerprint density at radius 2 is 1.90 bits per heavy atom. The summed E-state index contributed by atoms with van der Waals surface area (Å²) in [7, 11) is 0. The van der Waals surface area contributed by atoms with E-state index in [9.17, 15) is 22.8 Å². The summed E-state index contributed by atoms with van der Waals surface area (Å²) in [5.41, 5.74) is 12.1. The van der Waals surface area contributed by atoms with Crippen LogP contribution in [0, 0.1) is 0 Å². The number of thiazole rings is 1. The molecule has 0 atom stereocenters. The van der Waals surface area contributed by atoms with Crippen molar-refractivity contribution in [3.05, 3.63) is 69.4 Å². The van der Waals surface area contributed by atoms with Gasteiger partial charge in [0.25, 0.3) is 11.8 Å². The fraction of sp³-hybridized carbons (Fsp3) is 0.211. The van der Waals surface area contributed by atoms with E-state index in [1.807, 2.05) is 0 Å². The molecule has 7 nitrogen and oxygen atoms in total. The molecule has 1 heterocycles. The Morgan fingerprint density at radius 1 is 1.17 bits per heavy atom. The molecule has 0 unspecified atom stereocenters. The average Bonchev–Trinajstić information content (AvgIpc) is 3.32. The van der Waals surface area contributed by atoms with Gasteiger partial charge in [-0.05, 0) is 42.7 Å². The molecular weight excluding hydrogens is 419 g/mol. The Bertz CT molecular complexity index is 1010. The Kier molecular flexibility index (Phi) is 6.11. The van der Waals surface area contributed by atoms with Gasteiger partial charge >= 0.3 is 6.18 Å². The van der Waals surface area contributed by atoms with E-state index >= 15 is 0 Å². The summed E-state index contributed by atoms with van der Waals surface area (Å²) >= 11 is 1.25. The summed E-state index contributed by atoms with van der Waals surface area (Å²) in [5.74, 6) is -1.34. The second-order valence-corrected chi connectivity index (χ2v) is 7.30. The summed E-state index contributed by atoms with van der Waals surface area (Å²) in [4.78, 5) is 28.0. The molecule has 1 aliphatic carbocycles. The smallest absolute Gasteiger partial charge is 0.398 e. The number of amides is 2. The summed E-state index contributed by atoms with van der Waals surface area (Å²) in [6.07, 6.45) is -0.586. The van der Waals surface area contributed by atoms with E-state index in [1.165, 1.54) is 35.1 Å². The molecule has 11 heteroatoms. The minimum atomic E-state index is -4.68. The van der Waals surface area contributed by atoms with E-state index < -0.39 is 29.1 Å². The van der Waals surface area contributed by atoms with Crippen LogP contribution in [-0.2, 0) is 6.18 Å². The Labute approximate surface area is 173 Å². The predicted octanol–water partition coefficient (Wildman–Crippen LogP) is 2.58. The van der Waals surface area contributed by atoms with Crippen molar-refractivity contribution in [2.45, 2.75) is 25.1 Å². The molecule has 0 aliphatic heterocycles. The number of halogens is 3. The van der Waals surface area contributed by atoms with Crippen LogP contribution in [0.25, 0.3) is 5.70 Å². The first-order chi connectivity index (χ1) is 14.1. The number of hydrogen-bond donors (Lipinski definition) is 4. The van der Waals surface area contributed by atoms with Crippen LogP contribution in [0.2, 0.25) is 0 Å². The molecule has 2 amide bonds. The van der Waals surface area contributed by atoms with Gasteiger partial charge in [-0.25, -0.2) is 4.98 Å². The number of aromatic nitrogens is 1. The van der Waals surface area contributed by atoms with E-state index in [0.717, 1.165) is 25.0 Å². The third-order valence-corrected chi connectivity index (χ3v) is 4.77. The number of rotatable bonds is 6. The normalized spacial score (nSPS) is 15.0. The topological polar surface area (TPSA) is 123 Å². The Hall–Kier alpha value is -3.34. The summed E-state index contributed by atoms with van der Waals surface area (Å²) < 4.78 is 39.9. The van der Waals surface area contributed by atoms with E-state index in [0.29, 0.717) is 0 Å². The fourth-order valence-electron chi connectivity index (χ4n) is 2.49. The summed E-state index contributed by atoms with van der Waals surface area (Å²) in [6.45, 7) is 0. The number of nitrogens with one attached hydrogen (secondary N) is 2. The van der Waals surface area contributed by atoms with Crippen LogP contribution in [0.5, 0.6) is 0 Å². The number of carbonyl (C=O) groups is 2. The number of alkyl halides is 3. The summed E-state index contributed by atoms with van der Waals surface area (Å²) in [5, 5.41) is 6.50. The zero-order valence-corrected chi connectivity index (χ0v) is 16.3. The molecule has 0 spiro atoms. The van der Waals surface area contributed by atoms with Gasteiger partial charge in [0, 0.05) is 17.1 Å². The number of allylic oxidation sites excluding steroid dienone is 2.